The summed E-state index contributed by atoms with van der Waals surface area (Å²) in [6, 6.07) is 12.7. The van der Waals surface area contributed by atoms with Gasteiger partial charge in [0.2, 0.25) is 5.16 Å². The van der Waals surface area contributed by atoms with Gasteiger partial charge in [-0.25, -0.2) is 9.78 Å². The zero-order chi connectivity index (χ0) is 19.8. The Kier molecular flexibility index (Phi) is 4.58. The van der Waals surface area contributed by atoms with Crippen LogP contribution < -0.4 is 0 Å². The quantitative estimate of drug-likeness (QED) is 0.420. The van der Waals surface area contributed by atoms with Crippen LogP contribution in [0, 0.1) is 0 Å². The zero-order valence-corrected chi connectivity index (χ0v) is 17.0. The van der Waals surface area contributed by atoms with Gasteiger partial charge in [0.25, 0.3) is 0 Å². The number of nitrogens with zero attached hydrogens (tertiary/aromatic N) is 5. The Labute approximate surface area is 176 Å². The topological polar surface area (TPSA) is 93.8 Å². The van der Waals surface area contributed by atoms with E-state index in [-0.39, 0.29) is 5.56 Å². The van der Waals surface area contributed by atoms with E-state index in [1.807, 2.05) is 34.2 Å². The Balaban J connectivity index is 1.58. The van der Waals surface area contributed by atoms with E-state index in [4.69, 9.17) is 0 Å². The summed E-state index contributed by atoms with van der Waals surface area (Å²) in [5.74, 6) is -0.212. The molecule has 5 rings (SSSR count). The first-order valence-electron chi connectivity index (χ1n) is 8.40. The lowest BCUT2D eigenvalue weighted by molar-refractivity contribution is 0.0697. The van der Waals surface area contributed by atoms with Gasteiger partial charge >= 0.3 is 5.97 Å². The van der Waals surface area contributed by atoms with Gasteiger partial charge in [-0.3, -0.25) is 9.55 Å². The molecule has 0 saturated heterocycles. The normalized spacial score (nSPS) is 11.2. The SMILES string of the molecule is O=C(O)c1ccc2nc(Sc3nnc(-c4cccs4)n3-c3cccnc3)sc2c1. The molecule has 0 aliphatic rings. The molecule has 0 amide bonds. The number of aromatic nitrogens is 5. The van der Waals surface area contributed by atoms with Crippen molar-refractivity contribution in [2.45, 2.75) is 9.50 Å². The van der Waals surface area contributed by atoms with Crippen molar-refractivity contribution in [2.24, 2.45) is 0 Å². The number of thiophene rings is 1. The van der Waals surface area contributed by atoms with Crippen LogP contribution in [0.5, 0.6) is 0 Å². The van der Waals surface area contributed by atoms with Gasteiger partial charge in [-0.1, -0.05) is 6.07 Å². The molecule has 0 radical (unpaired) electrons. The fourth-order valence-corrected chi connectivity index (χ4v) is 5.54. The third-order valence-electron chi connectivity index (χ3n) is 4.07. The van der Waals surface area contributed by atoms with Gasteiger partial charge in [0, 0.05) is 6.20 Å². The highest BCUT2D eigenvalue weighted by atomic mass is 32.2. The van der Waals surface area contributed by atoms with E-state index in [1.165, 1.54) is 23.1 Å². The number of fused-ring (bicyclic) bond motifs is 1. The van der Waals surface area contributed by atoms with Gasteiger partial charge < -0.3 is 5.11 Å². The summed E-state index contributed by atoms with van der Waals surface area (Å²) in [4.78, 5) is 21.0. The third kappa shape index (κ3) is 3.41. The maximum atomic E-state index is 11.2. The Bertz CT molecular complexity index is 1310. The fourth-order valence-electron chi connectivity index (χ4n) is 2.78. The third-order valence-corrected chi connectivity index (χ3v) is 6.96. The minimum Gasteiger partial charge on any atom is -0.478 e. The summed E-state index contributed by atoms with van der Waals surface area (Å²) in [6.07, 6.45) is 3.49. The average Bonchev–Trinajstić information content (AvgIpc) is 3.47. The first kappa shape index (κ1) is 18.0. The van der Waals surface area contributed by atoms with Crippen LogP contribution in [-0.4, -0.2) is 35.8 Å². The maximum Gasteiger partial charge on any atom is 0.335 e. The molecular formula is C19H11N5O2S3. The van der Waals surface area contributed by atoms with Crippen molar-refractivity contribution < 1.29 is 9.90 Å². The lowest BCUT2D eigenvalue weighted by atomic mass is 10.2. The van der Waals surface area contributed by atoms with Crippen LogP contribution in [0.3, 0.4) is 0 Å². The monoisotopic (exact) mass is 437 g/mol. The second kappa shape index (κ2) is 7.39. The van der Waals surface area contributed by atoms with Gasteiger partial charge in [0.15, 0.2) is 10.2 Å². The summed E-state index contributed by atoms with van der Waals surface area (Å²) < 4.78 is 3.54. The Morgan fingerprint density at radius 3 is 2.83 bits per heavy atom. The molecule has 0 saturated carbocycles. The highest BCUT2D eigenvalue weighted by Gasteiger charge is 2.19. The molecule has 0 bridgehead atoms. The smallest absolute Gasteiger partial charge is 0.335 e. The average molecular weight is 438 g/mol. The Hall–Kier alpha value is -3.08. The molecule has 0 aliphatic carbocycles. The van der Waals surface area contributed by atoms with E-state index >= 15 is 0 Å². The number of thiazole rings is 1. The van der Waals surface area contributed by atoms with Crippen molar-refractivity contribution in [1.82, 2.24) is 24.7 Å². The number of carboxylic acid groups (broad SMARTS) is 1. The van der Waals surface area contributed by atoms with Crippen molar-refractivity contribution in [3.63, 3.8) is 0 Å². The predicted octanol–water partition coefficient (Wildman–Crippen LogP) is 4.85. The van der Waals surface area contributed by atoms with E-state index in [2.05, 4.69) is 20.2 Å². The highest BCUT2D eigenvalue weighted by molar-refractivity contribution is 8.01. The zero-order valence-electron chi connectivity index (χ0n) is 14.6. The number of pyridine rings is 1. The summed E-state index contributed by atoms with van der Waals surface area (Å²) in [6.45, 7) is 0. The molecule has 7 nitrogen and oxygen atoms in total. The molecule has 4 aromatic heterocycles. The molecule has 0 spiro atoms. The van der Waals surface area contributed by atoms with Crippen molar-refractivity contribution in [3.05, 3.63) is 65.8 Å². The molecule has 4 heterocycles. The summed E-state index contributed by atoms with van der Waals surface area (Å²) >= 11 is 4.41. The molecule has 5 aromatic rings. The number of carbonyl (C=O) groups is 1. The lowest BCUT2D eigenvalue weighted by Gasteiger charge is -2.07. The van der Waals surface area contributed by atoms with Gasteiger partial charge in [-0.05, 0) is 53.5 Å². The van der Waals surface area contributed by atoms with Crippen LogP contribution in [-0.2, 0) is 0 Å². The standard InChI is InChI=1S/C19H11N5O2S3/c25-17(26)11-5-6-13-15(9-11)28-19(21-13)29-18-23-22-16(14-4-2-8-27-14)24(18)12-3-1-7-20-10-12/h1-10H,(H,25,26). The maximum absolute atomic E-state index is 11.2. The summed E-state index contributed by atoms with van der Waals surface area (Å²) in [5.41, 5.74) is 1.86. The van der Waals surface area contributed by atoms with E-state index in [9.17, 15) is 9.90 Å². The van der Waals surface area contributed by atoms with Crippen LogP contribution in [0.25, 0.3) is 26.6 Å². The van der Waals surface area contributed by atoms with Crippen molar-refractivity contribution in [3.8, 4) is 16.4 Å². The molecule has 0 aliphatic heterocycles. The van der Waals surface area contributed by atoms with E-state index in [0.29, 0.717) is 5.16 Å². The Morgan fingerprint density at radius 1 is 1.14 bits per heavy atom. The molecule has 10 heteroatoms. The van der Waals surface area contributed by atoms with Gasteiger partial charge in [-0.15, -0.1) is 32.9 Å². The number of hydrogen-bond donors (Lipinski definition) is 1. The van der Waals surface area contributed by atoms with Crippen LogP contribution in [0.15, 0.2) is 69.7 Å². The van der Waals surface area contributed by atoms with E-state index in [1.54, 1.807) is 41.9 Å². The van der Waals surface area contributed by atoms with Gasteiger partial charge in [-0.2, -0.15) is 0 Å². The van der Waals surface area contributed by atoms with Crippen LogP contribution in [0.4, 0.5) is 0 Å². The van der Waals surface area contributed by atoms with Gasteiger partial charge in [0.05, 0.1) is 32.5 Å². The molecule has 0 fully saturated rings. The van der Waals surface area contributed by atoms with Crippen LogP contribution >= 0.6 is 34.4 Å². The summed E-state index contributed by atoms with van der Waals surface area (Å²) in [7, 11) is 0. The van der Waals surface area contributed by atoms with E-state index in [0.717, 1.165) is 30.9 Å². The number of benzene rings is 1. The minimum atomic E-state index is -0.952. The molecule has 1 aromatic carbocycles. The first-order valence-corrected chi connectivity index (χ1v) is 10.9. The minimum absolute atomic E-state index is 0.246. The largest absolute Gasteiger partial charge is 0.478 e. The molecule has 142 valence electrons. The van der Waals surface area contributed by atoms with Gasteiger partial charge in [0.1, 0.15) is 0 Å². The van der Waals surface area contributed by atoms with Crippen LogP contribution in [0.2, 0.25) is 0 Å². The van der Waals surface area contributed by atoms with Crippen molar-refractivity contribution >= 4 is 50.6 Å². The second-order valence-electron chi connectivity index (χ2n) is 5.90. The molecule has 1 N–H and O–H groups in total. The number of carboxylic acids is 1. The van der Waals surface area contributed by atoms with Crippen molar-refractivity contribution in [1.29, 1.82) is 0 Å². The first-order chi connectivity index (χ1) is 14.2. The molecule has 0 atom stereocenters. The number of rotatable bonds is 5. The fraction of sp³-hybridized carbons (Fsp3) is 0. The molecule has 0 unspecified atom stereocenters. The molecule has 29 heavy (non-hydrogen) atoms. The summed E-state index contributed by atoms with van der Waals surface area (Å²) in [5, 5.41) is 20.6. The highest BCUT2D eigenvalue weighted by Crippen LogP contribution is 2.37. The second-order valence-corrected chi connectivity index (χ2v) is 9.09. The van der Waals surface area contributed by atoms with Crippen molar-refractivity contribution in [2.75, 3.05) is 0 Å². The number of aromatic carboxylic acids is 1. The predicted molar refractivity (Wildman–Crippen MR) is 113 cm³/mol. The Morgan fingerprint density at radius 2 is 2.07 bits per heavy atom. The van der Waals surface area contributed by atoms with E-state index < -0.39 is 5.97 Å². The lowest BCUT2D eigenvalue weighted by Crippen LogP contribution is -1.99. The van der Waals surface area contributed by atoms with Crippen LogP contribution in [0.1, 0.15) is 10.4 Å². The number of hydrogen-bond acceptors (Lipinski definition) is 8. The molecular weight excluding hydrogens is 426 g/mol.